The molecule has 11 heavy (non-hydrogen) atoms. The van der Waals surface area contributed by atoms with Crippen LogP contribution in [0.5, 0.6) is 0 Å². The number of carbonyl (C=O) groups excluding carboxylic acids is 1. The molecule has 0 spiro atoms. The van der Waals surface area contributed by atoms with Crippen molar-refractivity contribution in [1.82, 2.24) is 4.98 Å². The number of pyridine rings is 1. The maximum atomic E-state index is 10.7. The molecule has 0 aliphatic carbocycles. The smallest absolute Gasteiger partial charge is 0.253 e. The van der Waals surface area contributed by atoms with Crippen molar-refractivity contribution in [2.45, 2.75) is 0 Å². The molecule has 0 radical (unpaired) electrons. The summed E-state index contributed by atoms with van der Waals surface area (Å²) < 4.78 is 1.19. The van der Waals surface area contributed by atoms with Gasteiger partial charge in [-0.15, -0.1) is 0 Å². The van der Waals surface area contributed by atoms with Gasteiger partial charge in [0, 0.05) is 10.7 Å². The molecule has 0 bridgehead atoms. The van der Waals surface area contributed by atoms with Gasteiger partial charge in [-0.25, -0.2) is 4.98 Å². The van der Waals surface area contributed by atoms with Crippen LogP contribution in [-0.4, -0.2) is 10.2 Å². The summed E-state index contributed by atoms with van der Waals surface area (Å²) in [5.41, 5.74) is 0.411. The van der Waals surface area contributed by atoms with Gasteiger partial charge in [0.25, 0.3) is 5.24 Å². The lowest BCUT2D eigenvalue weighted by atomic mass is 10.3. The van der Waals surface area contributed by atoms with Crippen molar-refractivity contribution in [3.63, 3.8) is 0 Å². The molecule has 0 amide bonds. The fourth-order valence-electron chi connectivity index (χ4n) is 0.564. The molecule has 0 unspecified atom stereocenters. The summed E-state index contributed by atoms with van der Waals surface area (Å²) in [6, 6.07) is 1.55. The average Bonchev–Trinajstić information content (AvgIpc) is 1.94. The van der Waals surface area contributed by atoms with Gasteiger partial charge in [-0.2, -0.15) is 0 Å². The van der Waals surface area contributed by atoms with Crippen LogP contribution in [0.3, 0.4) is 0 Å². The minimum atomic E-state index is -0.500. The molecular weight excluding hydrogens is 297 g/mol. The molecule has 0 aromatic carbocycles. The number of carbonyl (C=O) groups is 1. The maximum Gasteiger partial charge on any atom is 0.253 e. The molecule has 1 heterocycles. The summed E-state index contributed by atoms with van der Waals surface area (Å²) in [6.07, 6.45) is 1.51. The predicted molar refractivity (Wildman–Crippen MR) is 49.8 cm³/mol. The SMILES string of the molecule is O=C(Cl)c1cc(Br)ncc1Br. The van der Waals surface area contributed by atoms with Crippen LogP contribution in [0.15, 0.2) is 21.3 Å². The molecule has 0 atom stereocenters. The molecule has 1 rings (SSSR count). The average molecular weight is 299 g/mol. The third-order valence-electron chi connectivity index (χ3n) is 1.03. The van der Waals surface area contributed by atoms with Crippen LogP contribution in [0.25, 0.3) is 0 Å². The Labute approximate surface area is 85.2 Å². The van der Waals surface area contributed by atoms with Crippen molar-refractivity contribution in [3.05, 3.63) is 26.9 Å². The van der Waals surface area contributed by atoms with Crippen molar-refractivity contribution < 1.29 is 4.79 Å². The normalized spacial score (nSPS) is 9.73. The van der Waals surface area contributed by atoms with Gasteiger partial charge >= 0.3 is 0 Å². The second-order valence-corrected chi connectivity index (χ2v) is 3.77. The van der Waals surface area contributed by atoms with Gasteiger partial charge in [-0.3, -0.25) is 4.79 Å². The summed E-state index contributed by atoms with van der Waals surface area (Å²) >= 11 is 11.5. The first kappa shape index (κ1) is 9.16. The Morgan fingerprint density at radius 3 is 2.64 bits per heavy atom. The number of halogens is 3. The highest BCUT2D eigenvalue weighted by atomic mass is 79.9. The molecule has 5 heteroatoms. The van der Waals surface area contributed by atoms with E-state index in [2.05, 4.69) is 36.8 Å². The zero-order chi connectivity index (χ0) is 8.43. The first-order chi connectivity index (χ1) is 5.11. The molecular formula is C6H2Br2ClNO. The summed E-state index contributed by atoms with van der Waals surface area (Å²) in [6.45, 7) is 0. The minimum Gasteiger partial charge on any atom is -0.276 e. The summed E-state index contributed by atoms with van der Waals surface area (Å²) in [5, 5.41) is -0.500. The Kier molecular flexibility index (Phi) is 3.04. The Morgan fingerprint density at radius 2 is 2.18 bits per heavy atom. The summed E-state index contributed by atoms with van der Waals surface area (Å²) in [4.78, 5) is 14.6. The van der Waals surface area contributed by atoms with Gasteiger partial charge in [0.2, 0.25) is 0 Å². The molecule has 0 N–H and O–H groups in total. The van der Waals surface area contributed by atoms with Crippen molar-refractivity contribution >= 4 is 48.7 Å². The first-order valence-corrected chi connectivity index (χ1v) is 4.58. The summed E-state index contributed by atoms with van der Waals surface area (Å²) in [5.74, 6) is 0. The zero-order valence-corrected chi connectivity index (χ0v) is 9.07. The highest BCUT2D eigenvalue weighted by Gasteiger charge is 2.07. The molecule has 0 fully saturated rings. The second-order valence-electron chi connectivity index (χ2n) is 1.76. The molecule has 0 aliphatic heterocycles. The lowest BCUT2D eigenvalue weighted by molar-refractivity contribution is 0.108. The van der Waals surface area contributed by atoms with Crippen molar-refractivity contribution in [2.75, 3.05) is 0 Å². The molecule has 0 saturated carbocycles. The zero-order valence-electron chi connectivity index (χ0n) is 5.14. The molecule has 1 aromatic heterocycles. The van der Waals surface area contributed by atoms with Gasteiger partial charge in [-0.1, -0.05) is 0 Å². The Bertz CT molecular complexity index is 303. The molecule has 58 valence electrons. The van der Waals surface area contributed by atoms with E-state index in [9.17, 15) is 4.79 Å². The second kappa shape index (κ2) is 3.65. The van der Waals surface area contributed by atoms with Crippen LogP contribution in [0.4, 0.5) is 0 Å². The van der Waals surface area contributed by atoms with Crippen LogP contribution in [0.2, 0.25) is 0 Å². The van der Waals surface area contributed by atoms with Crippen LogP contribution >= 0.6 is 43.5 Å². The highest BCUT2D eigenvalue weighted by molar-refractivity contribution is 9.11. The molecule has 0 aliphatic rings. The first-order valence-electron chi connectivity index (χ1n) is 2.62. The van der Waals surface area contributed by atoms with Gasteiger partial charge in [0.05, 0.1) is 5.56 Å². The van der Waals surface area contributed by atoms with Gasteiger partial charge in [0.1, 0.15) is 4.60 Å². The van der Waals surface area contributed by atoms with E-state index < -0.39 is 5.24 Å². The number of rotatable bonds is 1. The predicted octanol–water partition coefficient (Wildman–Crippen LogP) is 2.99. The summed E-state index contributed by atoms with van der Waals surface area (Å²) in [7, 11) is 0. The van der Waals surface area contributed by atoms with Gasteiger partial charge in [0.15, 0.2) is 0 Å². The lowest BCUT2D eigenvalue weighted by Crippen LogP contribution is -1.91. The van der Waals surface area contributed by atoms with Gasteiger partial charge in [-0.05, 0) is 49.5 Å². The minimum absolute atomic E-state index is 0.411. The van der Waals surface area contributed by atoms with E-state index in [1.807, 2.05) is 0 Å². The van der Waals surface area contributed by atoms with E-state index in [-0.39, 0.29) is 0 Å². The van der Waals surface area contributed by atoms with Crippen LogP contribution in [0.1, 0.15) is 10.4 Å². The Morgan fingerprint density at radius 1 is 1.55 bits per heavy atom. The number of hydrogen-bond acceptors (Lipinski definition) is 2. The van der Waals surface area contributed by atoms with Gasteiger partial charge < -0.3 is 0 Å². The molecule has 2 nitrogen and oxygen atoms in total. The third-order valence-corrected chi connectivity index (χ3v) is 2.30. The highest BCUT2D eigenvalue weighted by Crippen LogP contribution is 2.20. The van der Waals surface area contributed by atoms with E-state index in [1.165, 1.54) is 6.20 Å². The fourth-order valence-corrected chi connectivity index (χ4v) is 1.56. The van der Waals surface area contributed by atoms with E-state index in [0.717, 1.165) is 0 Å². The number of hydrogen-bond donors (Lipinski definition) is 0. The number of nitrogens with zero attached hydrogens (tertiary/aromatic N) is 1. The van der Waals surface area contributed by atoms with Crippen molar-refractivity contribution in [3.8, 4) is 0 Å². The van der Waals surface area contributed by atoms with E-state index in [4.69, 9.17) is 11.6 Å². The van der Waals surface area contributed by atoms with Crippen molar-refractivity contribution in [1.29, 1.82) is 0 Å². The lowest BCUT2D eigenvalue weighted by Gasteiger charge is -1.96. The molecule has 0 saturated heterocycles. The monoisotopic (exact) mass is 297 g/mol. The standard InChI is InChI=1S/C6H2Br2ClNO/c7-4-2-10-5(8)1-3(4)6(9)11/h1-2H. The van der Waals surface area contributed by atoms with E-state index in [1.54, 1.807) is 6.07 Å². The van der Waals surface area contributed by atoms with Crippen LogP contribution in [-0.2, 0) is 0 Å². The molecule has 1 aromatic rings. The Balaban J connectivity index is 3.23. The van der Waals surface area contributed by atoms with Crippen molar-refractivity contribution in [2.24, 2.45) is 0 Å². The maximum absolute atomic E-state index is 10.7. The number of aromatic nitrogens is 1. The quantitative estimate of drug-likeness (QED) is 0.589. The van der Waals surface area contributed by atoms with E-state index in [0.29, 0.717) is 14.6 Å². The topological polar surface area (TPSA) is 30.0 Å². The van der Waals surface area contributed by atoms with Crippen LogP contribution < -0.4 is 0 Å². The Hall–Kier alpha value is 0.0700. The fraction of sp³-hybridized carbons (Fsp3) is 0. The third kappa shape index (κ3) is 2.25. The van der Waals surface area contributed by atoms with Crippen LogP contribution in [0, 0.1) is 0 Å². The largest absolute Gasteiger partial charge is 0.276 e. The van der Waals surface area contributed by atoms with E-state index >= 15 is 0 Å².